The van der Waals surface area contributed by atoms with E-state index in [9.17, 15) is 0 Å². The lowest BCUT2D eigenvalue weighted by molar-refractivity contribution is 0.414. The normalized spacial score (nSPS) is 24.9. The van der Waals surface area contributed by atoms with E-state index in [-0.39, 0.29) is 10.9 Å². The van der Waals surface area contributed by atoms with E-state index in [4.69, 9.17) is 24.4 Å². The number of thiocarbonyl (C=S) groups is 2. The van der Waals surface area contributed by atoms with Gasteiger partial charge in [-0.05, 0) is 43.0 Å². The monoisotopic (exact) mass is 323 g/mol. The zero-order chi connectivity index (χ0) is 13.9. The van der Waals surface area contributed by atoms with E-state index in [0.717, 1.165) is 35.6 Å². The average Bonchev–Trinajstić information content (AvgIpc) is 2.92. The lowest BCUT2D eigenvalue weighted by atomic mass is 10.3. The first kappa shape index (κ1) is 12.5. The van der Waals surface area contributed by atoms with Crippen molar-refractivity contribution < 1.29 is 0 Å². The van der Waals surface area contributed by atoms with E-state index in [1.165, 1.54) is 5.11 Å². The highest BCUT2D eigenvalue weighted by molar-refractivity contribution is 8.18. The second kappa shape index (κ2) is 4.37. The van der Waals surface area contributed by atoms with Gasteiger partial charge in [0.05, 0.1) is 10.9 Å². The third kappa shape index (κ3) is 1.49. The first-order valence-corrected chi connectivity index (χ1v) is 8.35. The van der Waals surface area contributed by atoms with Crippen LogP contribution >= 0.6 is 35.3 Å². The van der Waals surface area contributed by atoms with E-state index < -0.39 is 0 Å². The minimum Gasteiger partial charge on any atom is -0.296 e. The van der Waals surface area contributed by atoms with Crippen molar-refractivity contribution >= 4 is 56.4 Å². The topological polar surface area (TPSA) is 25.9 Å². The van der Waals surface area contributed by atoms with Crippen molar-refractivity contribution in [1.29, 1.82) is 0 Å². The van der Waals surface area contributed by atoms with Crippen LogP contribution in [-0.2, 0) is 0 Å². The molecule has 1 saturated heterocycles. The summed E-state index contributed by atoms with van der Waals surface area (Å²) in [7, 11) is 1.76. The molecule has 1 unspecified atom stereocenters. The Labute approximate surface area is 131 Å². The number of rotatable bonds is 1. The van der Waals surface area contributed by atoms with Gasteiger partial charge in [0.25, 0.3) is 0 Å². The fourth-order valence-corrected chi connectivity index (χ4v) is 5.86. The third-order valence-electron chi connectivity index (χ3n) is 3.58. The fourth-order valence-electron chi connectivity index (χ4n) is 2.69. The number of nitrogens with zero attached hydrogens (tertiary/aromatic N) is 5. The fraction of sp³-hybridized carbons (Fsp3) is 0.333. The van der Waals surface area contributed by atoms with E-state index in [2.05, 4.69) is 23.4 Å². The zero-order valence-electron chi connectivity index (χ0n) is 10.9. The maximum atomic E-state index is 5.68. The highest BCUT2D eigenvalue weighted by atomic mass is 32.2. The molecule has 4 heterocycles. The van der Waals surface area contributed by atoms with Crippen LogP contribution in [0.5, 0.6) is 0 Å². The van der Waals surface area contributed by atoms with Gasteiger partial charge in [0.1, 0.15) is 5.82 Å². The van der Waals surface area contributed by atoms with Gasteiger partial charge < -0.3 is 0 Å². The summed E-state index contributed by atoms with van der Waals surface area (Å²) in [4.78, 5) is 8.90. The molecule has 0 radical (unpaired) electrons. The summed E-state index contributed by atoms with van der Waals surface area (Å²) in [5.41, 5.74) is 0. The van der Waals surface area contributed by atoms with E-state index >= 15 is 0 Å². The Morgan fingerprint density at radius 3 is 2.60 bits per heavy atom. The van der Waals surface area contributed by atoms with Crippen LogP contribution < -0.4 is 4.31 Å². The van der Waals surface area contributed by atoms with E-state index in [1.54, 1.807) is 6.20 Å². The van der Waals surface area contributed by atoms with Crippen LogP contribution in [0.25, 0.3) is 0 Å². The Hall–Kier alpha value is -1.25. The van der Waals surface area contributed by atoms with Crippen LogP contribution in [0.3, 0.4) is 0 Å². The largest absolute Gasteiger partial charge is 0.296 e. The molecule has 1 aromatic rings. The van der Waals surface area contributed by atoms with Crippen LogP contribution in [0.1, 0.15) is 6.42 Å². The molecule has 0 bridgehead atoms. The number of pyridine rings is 1. The molecule has 104 valence electrons. The second-order valence-electron chi connectivity index (χ2n) is 4.75. The van der Waals surface area contributed by atoms with Crippen molar-refractivity contribution in [1.82, 2.24) is 19.1 Å². The summed E-state index contributed by atoms with van der Waals surface area (Å²) in [6, 6.07) is 5.90. The van der Waals surface area contributed by atoms with E-state index in [1.807, 2.05) is 25.2 Å². The number of hydrogen-bond donors (Lipinski definition) is 0. The van der Waals surface area contributed by atoms with Gasteiger partial charge in [0.15, 0.2) is 15.3 Å². The van der Waals surface area contributed by atoms with Gasteiger partial charge in [0.2, 0.25) is 0 Å². The molecule has 8 heteroatoms. The van der Waals surface area contributed by atoms with Crippen molar-refractivity contribution in [3.63, 3.8) is 0 Å². The molecule has 0 aliphatic carbocycles. The first-order chi connectivity index (χ1) is 9.70. The molecule has 0 N–H and O–H groups in total. The molecule has 1 aromatic heterocycles. The predicted octanol–water partition coefficient (Wildman–Crippen LogP) is 1.61. The van der Waals surface area contributed by atoms with Gasteiger partial charge in [-0.15, -0.1) is 0 Å². The molecule has 0 amide bonds. The Morgan fingerprint density at radius 2 is 1.90 bits per heavy atom. The molecule has 3 aliphatic heterocycles. The zero-order valence-corrected chi connectivity index (χ0v) is 13.3. The molecular weight excluding hydrogens is 310 g/mol. The first-order valence-electron chi connectivity index (χ1n) is 6.39. The molecule has 1 fully saturated rings. The van der Waals surface area contributed by atoms with Gasteiger partial charge in [0, 0.05) is 26.3 Å². The Kier molecular flexibility index (Phi) is 2.73. The minimum absolute atomic E-state index is 0.280. The van der Waals surface area contributed by atoms with Crippen molar-refractivity contribution in [3.8, 4) is 0 Å². The highest BCUT2D eigenvalue weighted by Crippen LogP contribution is 2.44. The maximum absolute atomic E-state index is 5.68. The third-order valence-corrected chi connectivity index (χ3v) is 6.88. The lowest BCUT2D eigenvalue weighted by Gasteiger charge is -2.35. The molecule has 4 rings (SSSR count). The van der Waals surface area contributed by atoms with Crippen LogP contribution in [0, 0.1) is 0 Å². The van der Waals surface area contributed by atoms with Crippen molar-refractivity contribution in [2.45, 2.75) is 6.42 Å². The molecule has 3 aliphatic rings. The smallest absolute Gasteiger partial charge is 0.194 e. The molecule has 5 nitrogen and oxygen atoms in total. The van der Waals surface area contributed by atoms with Crippen LogP contribution in [-0.4, -0.2) is 54.6 Å². The van der Waals surface area contributed by atoms with Gasteiger partial charge in [-0.2, -0.15) is 0 Å². The molecule has 0 spiro atoms. The summed E-state index contributed by atoms with van der Waals surface area (Å²) in [6.07, 6.45) is 2.88. The Balaban J connectivity index is 1.88. The van der Waals surface area contributed by atoms with Gasteiger partial charge in [-0.3, -0.25) is 14.1 Å². The quantitative estimate of drug-likeness (QED) is 0.724. The van der Waals surface area contributed by atoms with Crippen molar-refractivity contribution in [3.05, 3.63) is 24.4 Å². The van der Waals surface area contributed by atoms with Crippen LogP contribution in [0.4, 0.5) is 5.82 Å². The maximum Gasteiger partial charge on any atom is 0.194 e. The summed E-state index contributed by atoms with van der Waals surface area (Å²) in [5.74, 6) is 0.888. The van der Waals surface area contributed by atoms with Crippen molar-refractivity contribution in [2.75, 3.05) is 24.4 Å². The van der Waals surface area contributed by atoms with Crippen LogP contribution in [0.2, 0.25) is 0 Å². The van der Waals surface area contributed by atoms with Gasteiger partial charge >= 0.3 is 0 Å². The van der Waals surface area contributed by atoms with Gasteiger partial charge in [-0.25, -0.2) is 9.29 Å². The van der Waals surface area contributed by atoms with E-state index in [0.29, 0.717) is 0 Å². The molecule has 20 heavy (non-hydrogen) atoms. The predicted molar refractivity (Wildman–Crippen MR) is 90.3 cm³/mol. The Bertz CT molecular complexity index is 644. The Morgan fingerprint density at radius 1 is 1.15 bits per heavy atom. The second-order valence-corrected chi connectivity index (χ2v) is 7.29. The van der Waals surface area contributed by atoms with Crippen LogP contribution in [0.15, 0.2) is 24.4 Å². The molecular formula is C12H13N5S3. The highest BCUT2D eigenvalue weighted by Gasteiger charge is 2.48. The number of hydrogen-bond acceptors (Lipinski definition) is 3. The number of aromatic nitrogens is 1. The summed E-state index contributed by atoms with van der Waals surface area (Å²) in [6.45, 7) is 1.95. The standard InChI is InChI=1S/C12H13N5S3/c1-14-10(18)15-7-4-8-16-11(19)17(20(14)12(15)16)9-5-2-3-6-13-9/h2-3,5-6H,4,7-8H2,1H3. The summed E-state index contributed by atoms with van der Waals surface area (Å²) in [5, 5.41) is 2.94. The minimum atomic E-state index is -0.280. The summed E-state index contributed by atoms with van der Waals surface area (Å²) >= 11 is 11.2. The molecule has 0 saturated carbocycles. The van der Waals surface area contributed by atoms with Gasteiger partial charge in [-0.1, -0.05) is 6.07 Å². The number of anilines is 1. The average molecular weight is 323 g/mol. The van der Waals surface area contributed by atoms with Crippen molar-refractivity contribution in [2.24, 2.45) is 0 Å². The molecule has 0 aromatic carbocycles. The lowest BCUT2D eigenvalue weighted by Crippen LogP contribution is -2.52. The SMILES string of the molecule is CN1C(=S)N2CCCN3C(=S)N(c4ccccn4)S1=C23. The molecule has 1 atom stereocenters. The summed E-state index contributed by atoms with van der Waals surface area (Å²) < 4.78 is 4.26.